The second-order valence-electron chi connectivity index (χ2n) is 4.73. The van der Waals surface area contributed by atoms with E-state index in [-0.39, 0.29) is 0 Å². The minimum atomic E-state index is 0.926. The molecule has 1 aliphatic heterocycles. The van der Waals surface area contributed by atoms with Crippen LogP contribution in [0.3, 0.4) is 0 Å². The van der Waals surface area contributed by atoms with Gasteiger partial charge < -0.3 is 4.90 Å². The maximum Gasteiger partial charge on any atom is 0.000978 e. The van der Waals surface area contributed by atoms with Crippen molar-refractivity contribution in [1.29, 1.82) is 0 Å². The highest BCUT2D eigenvalue weighted by molar-refractivity contribution is 4.76. The van der Waals surface area contributed by atoms with Crippen LogP contribution in [0.25, 0.3) is 0 Å². The maximum atomic E-state index is 2.67. The molecule has 0 aromatic carbocycles. The molecule has 0 spiro atoms. The summed E-state index contributed by atoms with van der Waals surface area (Å²) in [6.45, 7) is 11.1. The van der Waals surface area contributed by atoms with Crippen molar-refractivity contribution >= 4 is 0 Å². The Kier molecular flexibility index (Phi) is 4.79. The van der Waals surface area contributed by atoms with E-state index < -0.39 is 0 Å². The number of unbranched alkanes of at least 4 members (excludes halogenated alkanes) is 1. The second-order valence-corrected chi connectivity index (χ2v) is 4.73. The molecule has 1 nitrogen and oxygen atoms in total. The van der Waals surface area contributed by atoms with Crippen LogP contribution >= 0.6 is 0 Å². The van der Waals surface area contributed by atoms with E-state index in [1.807, 2.05) is 0 Å². The minimum Gasteiger partial charge on any atom is -0.303 e. The fraction of sp³-hybridized carbons (Fsp3) is 1.00. The normalized spacial score (nSPS) is 30.7. The molecule has 0 bridgehead atoms. The molecule has 0 radical (unpaired) electrons. The first-order valence-corrected chi connectivity index (χ1v) is 5.98. The summed E-state index contributed by atoms with van der Waals surface area (Å²) in [5.41, 5.74) is 0. The lowest BCUT2D eigenvalue weighted by Crippen LogP contribution is -2.39. The Morgan fingerprint density at radius 2 is 2.00 bits per heavy atom. The molecule has 1 rings (SSSR count). The average Bonchev–Trinajstić information content (AvgIpc) is 2.14. The Hall–Kier alpha value is -0.0400. The molecule has 0 saturated carbocycles. The van der Waals surface area contributed by atoms with Crippen molar-refractivity contribution in [3.63, 3.8) is 0 Å². The predicted octanol–water partition coefficient (Wildman–Crippen LogP) is 3.15. The summed E-state index contributed by atoms with van der Waals surface area (Å²) in [6.07, 6.45) is 5.54. The number of nitrogens with zero attached hydrogens (tertiary/aromatic N) is 1. The van der Waals surface area contributed by atoms with E-state index in [1.54, 1.807) is 0 Å². The quantitative estimate of drug-likeness (QED) is 0.647. The summed E-state index contributed by atoms with van der Waals surface area (Å²) in [5, 5.41) is 0. The number of hydrogen-bond donors (Lipinski definition) is 0. The molecular weight excluding hydrogens is 158 g/mol. The molecule has 1 heteroatoms. The van der Waals surface area contributed by atoms with Gasteiger partial charge in [0.1, 0.15) is 0 Å². The molecule has 2 unspecified atom stereocenters. The highest BCUT2D eigenvalue weighted by atomic mass is 15.1. The zero-order valence-corrected chi connectivity index (χ0v) is 9.55. The Bertz CT molecular complexity index is 133. The van der Waals surface area contributed by atoms with Gasteiger partial charge in [-0.1, -0.05) is 33.6 Å². The Balaban J connectivity index is 2.29. The van der Waals surface area contributed by atoms with Crippen LogP contribution in [-0.4, -0.2) is 24.5 Å². The van der Waals surface area contributed by atoms with Crippen molar-refractivity contribution in [2.75, 3.05) is 19.6 Å². The van der Waals surface area contributed by atoms with E-state index in [4.69, 9.17) is 0 Å². The van der Waals surface area contributed by atoms with Gasteiger partial charge in [-0.3, -0.25) is 0 Å². The SMILES string of the molecule is CCCCN1CC(C)CC(CC)C1. The van der Waals surface area contributed by atoms with Crippen molar-refractivity contribution in [3.8, 4) is 0 Å². The highest BCUT2D eigenvalue weighted by Gasteiger charge is 2.22. The molecule has 1 aliphatic rings. The van der Waals surface area contributed by atoms with Crippen LogP contribution in [0.2, 0.25) is 0 Å². The zero-order valence-electron chi connectivity index (χ0n) is 9.55. The molecule has 0 aromatic rings. The van der Waals surface area contributed by atoms with E-state index in [1.165, 1.54) is 45.3 Å². The van der Waals surface area contributed by atoms with Crippen molar-refractivity contribution in [2.45, 2.75) is 46.5 Å². The van der Waals surface area contributed by atoms with Gasteiger partial charge in [0.15, 0.2) is 0 Å². The molecule has 0 amide bonds. The largest absolute Gasteiger partial charge is 0.303 e. The molecule has 1 heterocycles. The molecule has 0 N–H and O–H groups in total. The van der Waals surface area contributed by atoms with Gasteiger partial charge >= 0.3 is 0 Å². The summed E-state index contributed by atoms with van der Waals surface area (Å²) in [5.74, 6) is 1.90. The van der Waals surface area contributed by atoms with Crippen molar-refractivity contribution in [2.24, 2.45) is 11.8 Å². The minimum absolute atomic E-state index is 0.926. The number of rotatable bonds is 4. The fourth-order valence-corrected chi connectivity index (χ4v) is 2.46. The Labute approximate surface area is 83.5 Å². The van der Waals surface area contributed by atoms with Crippen LogP contribution in [0.4, 0.5) is 0 Å². The molecule has 2 atom stereocenters. The van der Waals surface area contributed by atoms with Gasteiger partial charge in [0, 0.05) is 13.1 Å². The van der Waals surface area contributed by atoms with Crippen molar-refractivity contribution in [1.82, 2.24) is 4.90 Å². The first kappa shape index (κ1) is 11.0. The van der Waals surface area contributed by atoms with Crippen molar-refractivity contribution in [3.05, 3.63) is 0 Å². The smallest absolute Gasteiger partial charge is 0.000978 e. The van der Waals surface area contributed by atoms with Crippen LogP contribution in [0.1, 0.15) is 46.5 Å². The predicted molar refractivity (Wildman–Crippen MR) is 58.9 cm³/mol. The summed E-state index contributed by atoms with van der Waals surface area (Å²) in [7, 11) is 0. The Morgan fingerprint density at radius 3 is 2.62 bits per heavy atom. The standard InChI is InChI=1S/C12H25N/c1-4-6-7-13-9-11(3)8-12(5-2)10-13/h11-12H,4-10H2,1-3H3. The van der Waals surface area contributed by atoms with E-state index in [2.05, 4.69) is 25.7 Å². The van der Waals surface area contributed by atoms with E-state index >= 15 is 0 Å². The summed E-state index contributed by atoms with van der Waals surface area (Å²) in [6, 6.07) is 0. The fourth-order valence-electron chi connectivity index (χ4n) is 2.46. The third-order valence-electron chi connectivity index (χ3n) is 3.23. The average molecular weight is 183 g/mol. The summed E-state index contributed by atoms with van der Waals surface area (Å²) >= 11 is 0. The monoisotopic (exact) mass is 183 g/mol. The molecule has 1 fully saturated rings. The van der Waals surface area contributed by atoms with Gasteiger partial charge in [0.2, 0.25) is 0 Å². The van der Waals surface area contributed by atoms with Gasteiger partial charge in [0.05, 0.1) is 0 Å². The van der Waals surface area contributed by atoms with Crippen molar-refractivity contribution < 1.29 is 0 Å². The molecular formula is C12H25N. The van der Waals surface area contributed by atoms with Crippen LogP contribution in [0.15, 0.2) is 0 Å². The zero-order chi connectivity index (χ0) is 9.68. The van der Waals surface area contributed by atoms with Gasteiger partial charge in [-0.25, -0.2) is 0 Å². The molecule has 0 aromatic heterocycles. The second kappa shape index (κ2) is 5.64. The van der Waals surface area contributed by atoms with Gasteiger partial charge in [-0.05, 0) is 31.2 Å². The Morgan fingerprint density at radius 1 is 1.23 bits per heavy atom. The van der Waals surface area contributed by atoms with Gasteiger partial charge in [0.25, 0.3) is 0 Å². The van der Waals surface area contributed by atoms with E-state index in [9.17, 15) is 0 Å². The number of piperidine rings is 1. The summed E-state index contributed by atoms with van der Waals surface area (Å²) in [4.78, 5) is 2.67. The number of likely N-dealkylation sites (tertiary alicyclic amines) is 1. The molecule has 13 heavy (non-hydrogen) atoms. The first-order valence-electron chi connectivity index (χ1n) is 5.98. The van der Waals surface area contributed by atoms with E-state index in [0.717, 1.165) is 11.8 Å². The third-order valence-corrected chi connectivity index (χ3v) is 3.23. The molecule has 0 aliphatic carbocycles. The van der Waals surface area contributed by atoms with Crippen LogP contribution in [0, 0.1) is 11.8 Å². The highest BCUT2D eigenvalue weighted by Crippen LogP contribution is 2.23. The van der Waals surface area contributed by atoms with Crippen LogP contribution < -0.4 is 0 Å². The lowest BCUT2D eigenvalue weighted by Gasteiger charge is -2.36. The van der Waals surface area contributed by atoms with Crippen LogP contribution in [0.5, 0.6) is 0 Å². The molecule has 78 valence electrons. The lowest BCUT2D eigenvalue weighted by atomic mass is 9.88. The third kappa shape index (κ3) is 3.68. The lowest BCUT2D eigenvalue weighted by molar-refractivity contribution is 0.129. The van der Waals surface area contributed by atoms with Gasteiger partial charge in [-0.2, -0.15) is 0 Å². The summed E-state index contributed by atoms with van der Waals surface area (Å²) < 4.78 is 0. The molecule has 1 saturated heterocycles. The number of hydrogen-bond acceptors (Lipinski definition) is 1. The van der Waals surface area contributed by atoms with E-state index in [0.29, 0.717) is 0 Å². The van der Waals surface area contributed by atoms with Crippen LogP contribution in [-0.2, 0) is 0 Å². The van der Waals surface area contributed by atoms with Gasteiger partial charge in [-0.15, -0.1) is 0 Å². The first-order chi connectivity index (χ1) is 6.26. The topological polar surface area (TPSA) is 3.24 Å². The maximum absolute atomic E-state index is 2.67.